The Labute approximate surface area is 246 Å². The van der Waals surface area contributed by atoms with Gasteiger partial charge in [-0.2, -0.15) is 0 Å². The van der Waals surface area contributed by atoms with Crippen molar-refractivity contribution in [3.8, 4) is 0 Å². The van der Waals surface area contributed by atoms with Crippen molar-refractivity contribution in [2.24, 2.45) is 0 Å². The molecule has 3 amide bonds. The van der Waals surface area contributed by atoms with Crippen molar-refractivity contribution in [2.75, 3.05) is 32.2 Å². The van der Waals surface area contributed by atoms with Crippen LogP contribution in [0.25, 0.3) is 0 Å². The number of fused-ring (bicyclic) bond motifs is 1. The topological polar surface area (TPSA) is 84.9 Å². The number of carbonyl (C=O) groups is 3. The lowest BCUT2D eigenvalue weighted by Gasteiger charge is -2.25. The maximum atomic E-state index is 12.9. The fourth-order valence-electron chi connectivity index (χ4n) is 5.08. The fourth-order valence-corrected chi connectivity index (χ4v) is 5.18. The Morgan fingerprint density at radius 3 is 1.73 bits per heavy atom. The molecule has 1 heterocycles. The van der Waals surface area contributed by atoms with Crippen molar-refractivity contribution in [2.45, 2.75) is 116 Å². The first kappa shape index (κ1) is 34.1. The highest BCUT2D eigenvalue weighted by Crippen LogP contribution is 2.25. The number of alkyl carbamates (subject to hydrolysis) is 1. The summed E-state index contributed by atoms with van der Waals surface area (Å²) in [4.78, 5) is 38.9. The van der Waals surface area contributed by atoms with E-state index in [4.69, 9.17) is 21.1 Å². The molecule has 0 fully saturated rings. The second-order valence-electron chi connectivity index (χ2n) is 10.8. The van der Waals surface area contributed by atoms with E-state index in [-0.39, 0.29) is 37.5 Å². The lowest BCUT2D eigenvalue weighted by molar-refractivity contribution is 0.0216. The third kappa shape index (κ3) is 13.0. The zero-order valence-electron chi connectivity index (χ0n) is 24.6. The Kier molecular flexibility index (Phi) is 18.4. The third-order valence-electron chi connectivity index (χ3n) is 7.41. The Morgan fingerprint density at radius 1 is 0.775 bits per heavy atom. The first-order chi connectivity index (χ1) is 19.6. The number of hydrogen-bond donors (Lipinski definition) is 1. The van der Waals surface area contributed by atoms with Gasteiger partial charge < -0.3 is 14.8 Å². The van der Waals surface area contributed by atoms with E-state index in [2.05, 4.69) is 12.2 Å². The van der Waals surface area contributed by atoms with Crippen LogP contribution < -0.4 is 5.32 Å². The molecule has 1 aliphatic rings. The number of unbranched alkanes of at least 4 members (excludes halogenated alkanes) is 15. The maximum Gasteiger partial charge on any atom is 0.407 e. The molecule has 2 rings (SSSR count). The minimum absolute atomic E-state index is 0.118. The third-order valence-corrected chi connectivity index (χ3v) is 7.60. The van der Waals surface area contributed by atoms with Gasteiger partial charge in [0, 0.05) is 19.0 Å². The predicted octanol–water partition coefficient (Wildman–Crippen LogP) is 7.89. The van der Waals surface area contributed by atoms with Gasteiger partial charge in [0.15, 0.2) is 0 Å². The van der Waals surface area contributed by atoms with Crippen LogP contribution in [-0.4, -0.2) is 61.1 Å². The van der Waals surface area contributed by atoms with Gasteiger partial charge in [0.2, 0.25) is 0 Å². The SMILES string of the molecule is CCCCCCCCCCCCCCCCCCOCC(COC(=O)NCCCl)N1C(=O)c2ccccc2C1=O. The molecule has 0 saturated carbocycles. The molecule has 7 nitrogen and oxygen atoms in total. The highest BCUT2D eigenvalue weighted by atomic mass is 35.5. The number of alkyl halides is 1. The smallest absolute Gasteiger partial charge is 0.407 e. The van der Waals surface area contributed by atoms with Gasteiger partial charge >= 0.3 is 6.09 Å². The van der Waals surface area contributed by atoms with E-state index in [1.54, 1.807) is 24.3 Å². The van der Waals surface area contributed by atoms with E-state index in [0.717, 1.165) is 17.7 Å². The second kappa shape index (κ2) is 21.6. The Bertz CT molecular complexity index is 830. The number of hydrogen-bond acceptors (Lipinski definition) is 5. The molecule has 0 radical (unpaired) electrons. The van der Waals surface area contributed by atoms with Crippen molar-refractivity contribution in [3.63, 3.8) is 0 Å². The number of amides is 3. The molecule has 0 saturated heterocycles. The molecular weight excluding hydrogens is 528 g/mol. The van der Waals surface area contributed by atoms with Crippen LogP contribution in [0.3, 0.4) is 0 Å². The normalized spacial score (nSPS) is 13.5. The first-order valence-corrected chi connectivity index (χ1v) is 16.1. The van der Waals surface area contributed by atoms with E-state index in [1.807, 2.05) is 0 Å². The Balaban J connectivity index is 1.57. The van der Waals surface area contributed by atoms with Crippen molar-refractivity contribution in [3.05, 3.63) is 35.4 Å². The van der Waals surface area contributed by atoms with E-state index in [1.165, 1.54) is 89.9 Å². The van der Waals surface area contributed by atoms with Crippen molar-refractivity contribution < 1.29 is 23.9 Å². The number of nitrogens with zero attached hydrogens (tertiary/aromatic N) is 1. The molecule has 0 bridgehead atoms. The number of rotatable bonds is 24. The summed E-state index contributed by atoms with van der Waals surface area (Å²) in [5, 5.41) is 2.52. The van der Waals surface area contributed by atoms with Crippen LogP contribution in [0.1, 0.15) is 130 Å². The number of nitrogens with one attached hydrogen (secondary N) is 1. The van der Waals surface area contributed by atoms with Crippen LogP contribution in [0.15, 0.2) is 24.3 Å². The minimum Gasteiger partial charge on any atom is -0.447 e. The van der Waals surface area contributed by atoms with Crippen molar-refractivity contribution in [1.29, 1.82) is 0 Å². The van der Waals surface area contributed by atoms with Crippen LogP contribution >= 0.6 is 11.6 Å². The van der Waals surface area contributed by atoms with E-state index < -0.39 is 12.1 Å². The summed E-state index contributed by atoms with van der Waals surface area (Å²) in [6.07, 6.45) is 20.3. The number of ether oxygens (including phenoxy) is 2. The monoisotopic (exact) mass is 578 g/mol. The molecule has 1 unspecified atom stereocenters. The summed E-state index contributed by atoms with van der Waals surface area (Å²) in [5.41, 5.74) is 0.726. The molecule has 0 aliphatic carbocycles. The molecule has 8 heteroatoms. The summed E-state index contributed by atoms with van der Waals surface area (Å²) in [6.45, 7) is 3.06. The average Bonchev–Trinajstić information content (AvgIpc) is 3.22. The van der Waals surface area contributed by atoms with E-state index in [9.17, 15) is 14.4 Å². The van der Waals surface area contributed by atoms with Crippen LogP contribution in [-0.2, 0) is 9.47 Å². The first-order valence-electron chi connectivity index (χ1n) is 15.6. The van der Waals surface area contributed by atoms with Crippen LogP contribution in [0.2, 0.25) is 0 Å². The molecule has 1 aromatic rings. The van der Waals surface area contributed by atoms with E-state index >= 15 is 0 Å². The quantitative estimate of drug-likeness (QED) is 0.0765. The van der Waals surface area contributed by atoms with E-state index in [0.29, 0.717) is 17.7 Å². The number of halogens is 1. The van der Waals surface area contributed by atoms with Gasteiger partial charge in [-0.1, -0.05) is 115 Å². The number of benzene rings is 1. The summed E-state index contributed by atoms with van der Waals surface area (Å²) in [5.74, 6) is -0.512. The lowest BCUT2D eigenvalue weighted by Crippen LogP contribution is -2.46. The van der Waals surface area contributed by atoms with Gasteiger partial charge in [-0.05, 0) is 18.6 Å². The number of carbonyl (C=O) groups excluding carboxylic acids is 3. The minimum atomic E-state index is -0.699. The molecule has 1 N–H and O–H groups in total. The summed E-state index contributed by atoms with van der Waals surface area (Å²) in [6, 6.07) is 6.03. The summed E-state index contributed by atoms with van der Waals surface area (Å²) < 4.78 is 11.1. The van der Waals surface area contributed by atoms with Crippen molar-refractivity contribution >= 4 is 29.5 Å². The Morgan fingerprint density at radius 2 is 1.25 bits per heavy atom. The lowest BCUT2D eigenvalue weighted by atomic mass is 10.0. The fraction of sp³-hybridized carbons (Fsp3) is 0.719. The average molecular weight is 579 g/mol. The van der Waals surface area contributed by atoms with Crippen LogP contribution in [0, 0.1) is 0 Å². The molecule has 0 spiro atoms. The number of imide groups is 1. The van der Waals surface area contributed by atoms with Crippen LogP contribution in [0.4, 0.5) is 4.79 Å². The zero-order chi connectivity index (χ0) is 28.8. The van der Waals surface area contributed by atoms with Gasteiger partial charge in [0.1, 0.15) is 6.61 Å². The summed E-state index contributed by atoms with van der Waals surface area (Å²) in [7, 11) is 0. The maximum absolute atomic E-state index is 12.9. The molecule has 226 valence electrons. The van der Waals surface area contributed by atoms with Crippen LogP contribution in [0.5, 0.6) is 0 Å². The second-order valence-corrected chi connectivity index (χ2v) is 11.2. The van der Waals surface area contributed by atoms with Gasteiger partial charge in [-0.25, -0.2) is 4.79 Å². The summed E-state index contributed by atoms with van der Waals surface area (Å²) >= 11 is 5.60. The van der Waals surface area contributed by atoms with Gasteiger partial charge in [-0.3, -0.25) is 14.5 Å². The standard InChI is InChI=1S/C32H51ClN2O5/c1-2-3-4-5-6-7-8-9-10-11-12-13-14-15-16-19-24-39-25-27(26-40-32(38)34-23-22-33)35-30(36)28-20-17-18-21-29(28)31(35)37/h17-18,20-21,27H,2-16,19,22-26H2,1H3,(H,34,38). The van der Waals surface area contributed by atoms with Gasteiger partial charge in [0.05, 0.1) is 23.8 Å². The molecule has 1 atom stereocenters. The van der Waals surface area contributed by atoms with Gasteiger partial charge in [0.25, 0.3) is 11.8 Å². The molecule has 1 aromatic carbocycles. The predicted molar refractivity (Wildman–Crippen MR) is 161 cm³/mol. The molecule has 0 aromatic heterocycles. The molecule has 40 heavy (non-hydrogen) atoms. The van der Waals surface area contributed by atoms with Crippen molar-refractivity contribution in [1.82, 2.24) is 10.2 Å². The highest BCUT2D eigenvalue weighted by Gasteiger charge is 2.40. The van der Waals surface area contributed by atoms with Gasteiger partial charge in [-0.15, -0.1) is 11.6 Å². The largest absolute Gasteiger partial charge is 0.447 e. The Hall–Kier alpha value is -2.12. The molecular formula is C32H51ClN2O5. The molecule has 1 aliphatic heterocycles. The highest BCUT2D eigenvalue weighted by molar-refractivity contribution is 6.21. The zero-order valence-corrected chi connectivity index (χ0v) is 25.4.